The number of aliphatic hydroxyl groups is 1. The smallest absolute Gasteiger partial charge is 0.414 e. The number of hydrogen-bond acceptors (Lipinski definition) is 6. The van der Waals surface area contributed by atoms with Crippen LogP contribution in [0.4, 0.5) is 14.9 Å². The fraction of sp³-hybridized carbons (Fsp3) is 0.400. The van der Waals surface area contributed by atoms with Crippen molar-refractivity contribution in [1.29, 1.82) is 0 Å². The molecule has 0 spiro atoms. The summed E-state index contributed by atoms with van der Waals surface area (Å²) >= 11 is 0. The Bertz CT molecular complexity index is 1000. The van der Waals surface area contributed by atoms with Crippen LogP contribution in [0.25, 0.3) is 5.57 Å². The second kappa shape index (κ2) is 8.23. The van der Waals surface area contributed by atoms with Crippen LogP contribution in [0, 0.1) is 12.7 Å². The van der Waals surface area contributed by atoms with Crippen LogP contribution in [0.5, 0.6) is 0 Å². The first kappa shape index (κ1) is 20.0. The van der Waals surface area contributed by atoms with E-state index < -0.39 is 24.6 Å². The zero-order valence-corrected chi connectivity index (χ0v) is 16.5. The van der Waals surface area contributed by atoms with Gasteiger partial charge in [-0.25, -0.2) is 13.9 Å². The molecule has 1 saturated heterocycles. The largest absolute Gasteiger partial charge is 0.442 e. The molecule has 1 aromatic heterocycles. The Labute approximate surface area is 172 Å². The van der Waals surface area contributed by atoms with E-state index in [-0.39, 0.29) is 12.5 Å². The molecule has 1 atom stereocenters. The van der Waals surface area contributed by atoms with Gasteiger partial charge in [0.2, 0.25) is 5.91 Å². The molecule has 10 heteroatoms. The van der Waals surface area contributed by atoms with Gasteiger partial charge >= 0.3 is 6.09 Å². The van der Waals surface area contributed by atoms with Crippen molar-refractivity contribution in [3.63, 3.8) is 0 Å². The summed E-state index contributed by atoms with van der Waals surface area (Å²) in [6, 6.07) is 4.65. The van der Waals surface area contributed by atoms with Crippen molar-refractivity contribution in [3.8, 4) is 0 Å². The molecule has 0 unspecified atom stereocenters. The molecule has 0 saturated carbocycles. The highest BCUT2D eigenvalue weighted by Crippen LogP contribution is 2.30. The summed E-state index contributed by atoms with van der Waals surface area (Å²) in [4.78, 5) is 26.8. The minimum atomic E-state index is -0.532. The van der Waals surface area contributed by atoms with Crippen molar-refractivity contribution in [2.45, 2.75) is 26.0 Å². The second-order valence-electron chi connectivity index (χ2n) is 7.34. The molecule has 3 heterocycles. The number of amides is 2. The molecule has 30 heavy (non-hydrogen) atoms. The summed E-state index contributed by atoms with van der Waals surface area (Å²) in [7, 11) is 0. The van der Waals surface area contributed by atoms with Gasteiger partial charge in [-0.05, 0) is 37.1 Å². The van der Waals surface area contributed by atoms with Crippen LogP contribution in [0.2, 0.25) is 0 Å². The highest BCUT2D eigenvalue weighted by Gasteiger charge is 2.33. The van der Waals surface area contributed by atoms with Crippen molar-refractivity contribution in [1.82, 2.24) is 19.9 Å². The van der Waals surface area contributed by atoms with Gasteiger partial charge in [-0.15, -0.1) is 5.10 Å². The zero-order valence-electron chi connectivity index (χ0n) is 16.5. The number of aromatic nitrogens is 3. The fourth-order valence-corrected chi connectivity index (χ4v) is 3.69. The fourth-order valence-electron chi connectivity index (χ4n) is 3.69. The Balaban J connectivity index is 1.45. The molecule has 1 aromatic carbocycles. The van der Waals surface area contributed by atoms with E-state index in [1.807, 2.05) is 6.92 Å². The van der Waals surface area contributed by atoms with E-state index in [9.17, 15) is 14.0 Å². The van der Waals surface area contributed by atoms with Crippen molar-refractivity contribution < 1.29 is 23.8 Å². The lowest BCUT2D eigenvalue weighted by atomic mass is 9.98. The van der Waals surface area contributed by atoms with Gasteiger partial charge in [0.1, 0.15) is 18.5 Å². The molecule has 2 aromatic rings. The third-order valence-corrected chi connectivity index (χ3v) is 5.23. The molecular formula is C20H22FN5O4. The molecule has 2 aliphatic rings. The van der Waals surface area contributed by atoms with Crippen LogP contribution >= 0.6 is 0 Å². The third-order valence-electron chi connectivity index (χ3n) is 5.23. The molecule has 0 bridgehead atoms. The second-order valence-corrected chi connectivity index (χ2v) is 7.34. The first-order valence-electron chi connectivity index (χ1n) is 9.67. The summed E-state index contributed by atoms with van der Waals surface area (Å²) in [5.41, 5.74) is 2.43. The number of aliphatic hydroxyl groups excluding tert-OH is 1. The average molecular weight is 415 g/mol. The summed E-state index contributed by atoms with van der Waals surface area (Å²) in [6.45, 7) is 2.71. The quantitative estimate of drug-likeness (QED) is 0.791. The van der Waals surface area contributed by atoms with Crippen LogP contribution in [0.1, 0.15) is 17.7 Å². The first-order chi connectivity index (χ1) is 14.4. The van der Waals surface area contributed by atoms with Crippen molar-refractivity contribution in [2.75, 3.05) is 31.1 Å². The van der Waals surface area contributed by atoms with Gasteiger partial charge in [-0.2, -0.15) is 0 Å². The van der Waals surface area contributed by atoms with E-state index in [1.54, 1.807) is 29.1 Å². The maximum Gasteiger partial charge on any atom is 0.414 e. The van der Waals surface area contributed by atoms with Crippen LogP contribution in [0.3, 0.4) is 0 Å². The number of rotatable bonds is 5. The van der Waals surface area contributed by atoms with Gasteiger partial charge in [0, 0.05) is 24.8 Å². The lowest BCUT2D eigenvalue weighted by molar-refractivity contribution is -0.133. The number of cyclic esters (lactones) is 1. The normalized spacial score (nSPS) is 19.1. The van der Waals surface area contributed by atoms with Crippen molar-refractivity contribution >= 4 is 23.3 Å². The van der Waals surface area contributed by atoms with E-state index in [4.69, 9.17) is 9.84 Å². The van der Waals surface area contributed by atoms with E-state index >= 15 is 0 Å². The van der Waals surface area contributed by atoms with Gasteiger partial charge < -0.3 is 14.7 Å². The van der Waals surface area contributed by atoms with Crippen LogP contribution in [-0.4, -0.2) is 69.3 Å². The lowest BCUT2D eigenvalue weighted by Gasteiger charge is -2.26. The summed E-state index contributed by atoms with van der Waals surface area (Å²) in [6.07, 6.45) is 3.11. The van der Waals surface area contributed by atoms with Gasteiger partial charge in [0.15, 0.2) is 0 Å². The number of hydrogen-bond donors (Lipinski definition) is 1. The molecule has 1 fully saturated rings. The molecule has 158 valence electrons. The molecular weight excluding hydrogens is 393 g/mol. The molecule has 0 radical (unpaired) electrons. The number of halogens is 1. The molecule has 2 aliphatic heterocycles. The number of carbonyl (C=O) groups excluding carboxylic acids is 2. The molecule has 0 aliphatic carbocycles. The number of anilines is 1. The molecule has 2 amide bonds. The standard InChI is InChI=1S/C20H22FN5O4/c1-13-9-25(23-22-13)10-16-11-26(20(29)30-16)15-2-3-17(18(21)8-15)14-4-6-24(7-5-14)19(28)12-27/h2-4,8-9,16,27H,5-7,10-12H2,1H3/t16-/m0/s1. The summed E-state index contributed by atoms with van der Waals surface area (Å²) in [5, 5.41) is 16.8. The van der Waals surface area contributed by atoms with Crippen LogP contribution in [0.15, 0.2) is 30.5 Å². The lowest BCUT2D eigenvalue weighted by Crippen LogP contribution is -2.36. The maximum absolute atomic E-state index is 14.8. The maximum atomic E-state index is 14.8. The molecule has 9 nitrogen and oxygen atoms in total. The average Bonchev–Trinajstić information content (AvgIpc) is 3.32. The highest BCUT2D eigenvalue weighted by atomic mass is 19.1. The SMILES string of the molecule is Cc1cn(C[C@H]2CN(c3ccc(C4=CCN(C(=O)CO)CC4)c(F)c3)C(=O)O2)nn1. The number of carbonyl (C=O) groups is 2. The Hall–Kier alpha value is -3.27. The monoisotopic (exact) mass is 415 g/mol. The van der Waals surface area contributed by atoms with E-state index in [1.165, 1.54) is 15.9 Å². The highest BCUT2D eigenvalue weighted by molar-refractivity contribution is 5.90. The van der Waals surface area contributed by atoms with E-state index in [2.05, 4.69) is 10.3 Å². The van der Waals surface area contributed by atoms with Crippen LogP contribution < -0.4 is 4.90 Å². The van der Waals surface area contributed by atoms with Crippen molar-refractivity contribution in [3.05, 3.63) is 47.5 Å². The van der Waals surface area contributed by atoms with Crippen molar-refractivity contribution in [2.24, 2.45) is 0 Å². The Morgan fingerprint density at radius 2 is 2.23 bits per heavy atom. The predicted octanol–water partition coefficient (Wildman–Crippen LogP) is 1.36. The minimum absolute atomic E-state index is 0.289. The Morgan fingerprint density at radius 1 is 1.40 bits per heavy atom. The number of benzene rings is 1. The van der Waals surface area contributed by atoms with Gasteiger partial charge in [-0.3, -0.25) is 9.69 Å². The third kappa shape index (κ3) is 4.04. The molecule has 4 rings (SSSR count). The Morgan fingerprint density at radius 3 is 2.87 bits per heavy atom. The van der Waals surface area contributed by atoms with E-state index in [0.717, 1.165) is 11.3 Å². The summed E-state index contributed by atoms with van der Waals surface area (Å²) < 4.78 is 21.8. The number of ether oxygens (including phenoxy) is 1. The topological polar surface area (TPSA) is 101 Å². The minimum Gasteiger partial charge on any atom is -0.442 e. The van der Waals surface area contributed by atoms with Gasteiger partial charge in [0.05, 0.1) is 24.5 Å². The van der Waals surface area contributed by atoms with E-state index in [0.29, 0.717) is 37.3 Å². The first-order valence-corrected chi connectivity index (χ1v) is 9.67. The van der Waals surface area contributed by atoms with Gasteiger partial charge in [0.25, 0.3) is 0 Å². The Kier molecular flexibility index (Phi) is 5.49. The molecule has 1 N–H and O–H groups in total. The van der Waals surface area contributed by atoms with Gasteiger partial charge in [-0.1, -0.05) is 11.3 Å². The number of aryl methyl sites for hydroxylation is 1. The number of nitrogens with zero attached hydrogens (tertiary/aromatic N) is 5. The summed E-state index contributed by atoms with van der Waals surface area (Å²) in [5.74, 6) is -0.784. The zero-order chi connectivity index (χ0) is 21.3. The van der Waals surface area contributed by atoms with Crippen LogP contribution in [-0.2, 0) is 16.1 Å². The predicted molar refractivity (Wildman–Crippen MR) is 105 cm³/mol.